The summed E-state index contributed by atoms with van der Waals surface area (Å²) in [7, 11) is 3.49. The van der Waals surface area contributed by atoms with Crippen LogP contribution in [0.15, 0.2) is 48.5 Å². The van der Waals surface area contributed by atoms with Crippen LogP contribution in [0.1, 0.15) is 49.7 Å². The van der Waals surface area contributed by atoms with Gasteiger partial charge in [-0.1, -0.05) is 24.3 Å². The first-order chi connectivity index (χ1) is 13.6. The fourth-order valence-corrected chi connectivity index (χ4v) is 7.42. The highest BCUT2D eigenvalue weighted by Crippen LogP contribution is 2.66. The molecule has 0 aromatic heterocycles. The normalized spacial score (nSPS) is 33.1. The van der Waals surface area contributed by atoms with Gasteiger partial charge in [0, 0.05) is 0 Å². The van der Waals surface area contributed by atoms with E-state index in [0.29, 0.717) is 10.8 Å². The summed E-state index contributed by atoms with van der Waals surface area (Å²) in [6.45, 7) is 0. The first-order valence-electron chi connectivity index (χ1n) is 10.9. The zero-order valence-corrected chi connectivity index (χ0v) is 17.2. The van der Waals surface area contributed by atoms with Gasteiger partial charge in [0.1, 0.15) is 11.5 Å². The number of benzene rings is 2. The maximum Gasteiger partial charge on any atom is 0.118 e. The second-order valence-corrected chi connectivity index (χ2v) is 10.0. The Morgan fingerprint density at radius 1 is 0.679 bits per heavy atom. The van der Waals surface area contributed by atoms with E-state index in [1.165, 1.54) is 62.5 Å². The van der Waals surface area contributed by atoms with E-state index >= 15 is 0 Å². The van der Waals surface area contributed by atoms with Gasteiger partial charge in [0.25, 0.3) is 0 Å². The molecular formula is C26H32O2. The molecule has 0 radical (unpaired) electrons. The Balaban J connectivity index is 1.38. The van der Waals surface area contributed by atoms with Crippen LogP contribution in [-0.4, -0.2) is 14.2 Å². The fraction of sp³-hybridized carbons (Fsp3) is 0.538. The molecule has 0 saturated heterocycles. The van der Waals surface area contributed by atoms with E-state index < -0.39 is 0 Å². The summed E-state index contributed by atoms with van der Waals surface area (Å²) < 4.78 is 10.7. The van der Waals surface area contributed by atoms with Crippen LogP contribution in [-0.2, 0) is 12.8 Å². The molecule has 0 amide bonds. The van der Waals surface area contributed by atoms with Crippen LogP contribution in [0.5, 0.6) is 11.5 Å². The molecule has 0 spiro atoms. The van der Waals surface area contributed by atoms with E-state index in [1.807, 2.05) is 0 Å². The van der Waals surface area contributed by atoms with Crippen molar-refractivity contribution >= 4 is 0 Å². The standard InChI is InChI=1S/C26H32O2/c1-27-23-7-3-19(4-8-23)12-25-14-21-11-22(15-25)17-26(16-21,18-25)13-20-5-9-24(28-2)10-6-20/h3-10,21-22H,11-18H2,1-2H3. The second kappa shape index (κ2) is 6.83. The van der Waals surface area contributed by atoms with Crippen molar-refractivity contribution in [3.8, 4) is 11.5 Å². The average Bonchev–Trinajstić information content (AvgIpc) is 2.67. The predicted molar refractivity (Wildman–Crippen MR) is 113 cm³/mol. The zero-order chi connectivity index (χ0) is 19.2. The van der Waals surface area contributed by atoms with Gasteiger partial charge in [-0.05, 0) is 109 Å². The van der Waals surface area contributed by atoms with Crippen LogP contribution in [0.4, 0.5) is 0 Å². The molecule has 2 heteroatoms. The summed E-state index contributed by atoms with van der Waals surface area (Å²) in [5.74, 6) is 3.81. The smallest absolute Gasteiger partial charge is 0.118 e. The van der Waals surface area contributed by atoms with Gasteiger partial charge < -0.3 is 9.47 Å². The molecular weight excluding hydrogens is 344 g/mol. The van der Waals surface area contributed by atoms with Gasteiger partial charge in [-0.3, -0.25) is 0 Å². The molecule has 4 aliphatic carbocycles. The van der Waals surface area contributed by atoms with E-state index in [4.69, 9.17) is 9.47 Å². The van der Waals surface area contributed by atoms with Gasteiger partial charge in [-0.2, -0.15) is 0 Å². The summed E-state index contributed by atoms with van der Waals surface area (Å²) in [4.78, 5) is 0. The van der Waals surface area contributed by atoms with Crippen LogP contribution in [0, 0.1) is 22.7 Å². The average molecular weight is 377 g/mol. The van der Waals surface area contributed by atoms with Crippen LogP contribution in [0.3, 0.4) is 0 Å². The maximum absolute atomic E-state index is 5.35. The Bertz CT molecular complexity index is 739. The number of methoxy groups -OCH3 is 2. The molecule has 6 rings (SSSR count). The van der Waals surface area contributed by atoms with E-state index in [2.05, 4.69) is 48.5 Å². The molecule has 4 fully saturated rings. The highest BCUT2D eigenvalue weighted by molar-refractivity contribution is 5.30. The molecule has 0 atom stereocenters. The van der Waals surface area contributed by atoms with Crippen molar-refractivity contribution in [3.05, 3.63) is 59.7 Å². The number of ether oxygens (including phenoxy) is 2. The molecule has 0 aliphatic heterocycles. The highest BCUT2D eigenvalue weighted by Gasteiger charge is 2.57. The lowest BCUT2D eigenvalue weighted by atomic mass is 9.42. The fourth-order valence-electron chi connectivity index (χ4n) is 7.42. The van der Waals surface area contributed by atoms with Crippen molar-refractivity contribution in [3.63, 3.8) is 0 Å². The van der Waals surface area contributed by atoms with Crippen LogP contribution >= 0.6 is 0 Å². The Labute approximate surface area is 169 Å². The quantitative estimate of drug-likeness (QED) is 0.609. The third-order valence-corrected chi connectivity index (χ3v) is 7.78. The topological polar surface area (TPSA) is 18.5 Å². The lowest BCUT2D eigenvalue weighted by Gasteiger charge is -2.63. The first kappa shape index (κ1) is 18.1. The minimum absolute atomic E-state index is 0.519. The summed E-state index contributed by atoms with van der Waals surface area (Å²) >= 11 is 0. The molecule has 0 heterocycles. The third kappa shape index (κ3) is 3.32. The van der Waals surface area contributed by atoms with Gasteiger partial charge >= 0.3 is 0 Å². The van der Waals surface area contributed by atoms with Gasteiger partial charge in [-0.15, -0.1) is 0 Å². The molecule has 28 heavy (non-hydrogen) atoms. The van der Waals surface area contributed by atoms with Crippen molar-refractivity contribution in [2.45, 2.75) is 51.4 Å². The van der Waals surface area contributed by atoms with Crippen LogP contribution in [0.2, 0.25) is 0 Å². The summed E-state index contributed by atoms with van der Waals surface area (Å²) in [5.41, 5.74) is 4.01. The van der Waals surface area contributed by atoms with Crippen LogP contribution in [0.25, 0.3) is 0 Å². The van der Waals surface area contributed by atoms with Gasteiger partial charge in [-0.25, -0.2) is 0 Å². The summed E-state index contributed by atoms with van der Waals surface area (Å²) in [6.07, 6.45) is 11.2. The Morgan fingerprint density at radius 2 is 1.07 bits per heavy atom. The van der Waals surface area contributed by atoms with Gasteiger partial charge in [0.05, 0.1) is 14.2 Å². The minimum atomic E-state index is 0.519. The SMILES string of the molecule is COc1ccc(CC23CC4CC(C2)CC(Cc2ccc(OC)cc2)(C4)C3)cc1. The third-order valence-electron chi connectivity index (χ3n) is 7.78. The van der Waals surface area contributed by atoms with Gasteiger partial charge in [0.2, 0.25) is 0 Å². The number of hydrogen-bond donors (Lipinski definition) is 0. The summed E-state index contributed by atoms with van der Waals surface area (Å²) in [6, 6.07) is 17.7. The minimum Gasteiger partial charge on any atom is -0.497 e. The van der Waals surface area contributed by atoms with E-state index in [9.17, 15) is 0 Å². The molecule has 0 unspecified atom stereocenters. The van der Waals surface area contributed by atoms with E-state index in [0.717, 1.165) is 23.3 Å². The second-order valence-electron chi connectivity index (χ2n) is 10.0. The molecule has 4 aliphatic rings. The number of hydrogen-bond acceptors (Lipinski definition) is 2. The van der Waals surface area contributed by atoms with Crippen LogP contribution < -0.4 is 9.47 Å². The molecule has 0 N–H and O–H groups in total. The summed E-state index contributed by atoms with van der Waals surface area (Å²) in [5, 5.41) is 0. The zero-order valence-electron chi connectivity index (χ0n) is 17.2. The lowest BCUT2D eigenvalue weighted by Crippen LogP contribution is -2.53. The monoisotopic (exact) mass is 376 g/mol. The molecule has 4 bridgehead atoms. The maximum atomic E-state index is 5.35. The lowest BCUT2D eigenvalue weighted by molar-refractivity contribution is -0.109. The van der Waals surface area contributed by atoms with Crippen molar-refractivity contribution in [1.82, 2.24) is 0 Å². The van der Waals surface area contributed by atoms with Crippen molar-refractivity contribution in [2.24, 2.45) is 22.7 Å². The molecule has 2 aromatic carbocycles. The molecule has 148 valence electrons. The Kier molecular flexibility index (Phi) is 4.41. The molecule has 2 aromatic rings. The van der Waals surface area contributed by atoms with Crippen molar-refractivity contribution < 1.29 is 9.47 Å². The predicted octanol–water partition coefficient (Wildman–Crippen LogP) is 6.08. The first-order valence-corrected chi connectivity index (χ1v) is 10.9. The number of rotatable bonds is 6. The Hall–Kier alpha value is -1.96. The van der Waals surface area contributed by atoms with E-state index in [1.54, 1.807) is 14.2 Å². The molecule has 2 nitrogen and oxygen atoms in total. The Morgan fingerprint density at radius 3 is 1.43 bits per heavy atom. The van der Waals surface area contributed by atoms with Gasteiger partial charge in [0.15, 0.2) is 0 Å². The van der Waals surface area contributed by atoms with Crippen molar-refractivity contribution in [2.75, 3.05) is 14.2 Å². The molecule has 4 saturated carbocycles. The largest absolute Gasteiger partial charge is 0.497 e. The van der Waals surface area contributed by atoms with E-state index in [-0.39, 0.29) is 0 Å². The van der Waals surface area contributed by atoms with Crippen molar-refractivity contribution in [1.29, 1.82) is 0 Å². The highest BCUT2D eigenvalue weighted by atomic mass is 16.5.